The van der Waals surface area contributed by atoms with E-state index < -0.39 is 0 Å². The van der Waals surface area contributed by atoms with Crippen LogP contribution in [0.2, 0.25) is 0 Å². The summed E-state index contributed by atoms with van der Waals surface area (Å²) in [6.07, 6.45) is 8.61. The van der Waals surface area contributed by atoms with Gasteiger partial charge in [0, 0.05) is 26.2 Å². The Labute approximate surface area is 155 Å². The number of amides is 1. The summed E-state index contributed by atoms with van der Waals surface area (Å²) in [5.74, 6) is 2.16. The number of anilines is 2. The fraction of sp³-hybridized carbons (Fsp3) is 0.737. The van der Waals surface area contributed by atoms with Crippen molar-refractivity contribution in [1.82, 2.24) is 20.2 Å². The molecule has 4 heterocycles. The van der Waals surface area contributed by atoms with Gasteiger partial charge in [0.25, 0.3) is 0 Å². The Kier molecular flexibility index (Phi) is 5.24. The molecule has 7 nitrogen and oxygen atoms in total. The summed E-state index contributed by atoms with van der Waals surface area (Å²) in [7, 11) is 1.97. The van der Waals surface area contributed by atoms with Crippen LogP contribution in [-0.2, 0) is 11.3 Å². The van der Waals surface area contributed by atoms with Crippen LogP contribution < -0.4 is 15.1 Å². The molecule has 0 aromatic carbocycles. The maximum atomic E-state index is 13.0. The topological polar surface area (TPSA) is 64.6 Å². The van der Waals surface area contributed by atoms with E-state index in [0.29, 0.717) is 19.1 Å². The molecule has 1 amide bonds. The summed E-state index contributed by atoms with van der Waals surface area (Å²) in [5, 5.41) is 3.46. The van der Waals surface area contributed by atoms with Gasteiger partial charge in [-0.05, 0) is 51.6 Å². The first-order valence-electron chi connectivity index (χ1n) is 10.0. The van der Waals surface area contributed by atoms with Gasteiger partial charge in [0.15, 0.2) is 0 Å². The Morgan fingerprint density at radius 1 is 1.00 bits per heavy atom. The molecule has 0 spiro atoms. The van der Waals surface area contributed by atoms with Crippen LogP contribution in [0.25, 0.3) is 0 Å². The third-order valence-corrected chi connectivity index (χ3v) is 5.92. The quantitative estimate of drug-likeness (QED) is 0.862. The van der Waals surface area contributed by atoms with E-state index >= 15 is 0 Å². The smallest absolute Gasteiger partial charge is 0.242 e. The van der Waals surface area contributed by atoms with Crippen molar-refractivity contribution >= 4 is 17.5 Å². The van der Waals surface area contributed by atoms with Crippen LogP contribution in [0.3, 0.4) is 0 Å². The summed E-state index contributed by atoms with van der Waals surface area (Å²) >= 11 is 0. The summed E-state index contributed by atoms with van der Waals surface area (Å²) in [6, 6.07) is 0.311. The molecule has 3 aliphatic heterocycles. The molecule has 2 saturated heterocycles. The molecule has 1 N–H and O–H groups in total. The zero-order chi connectivity index (χ0) is 17.9. The number of aromatic nitrogens is 2. The van der Waals surface area contributed by atoms with Gasteiger partial charge in [-0.1, -0.05) is 0 Å². The number of carbonyl (C=O) groups is 1. The van der Waals surface area contributed by atoms with E-state index in [1.807, 2.05) is 11.9 Å². The average Bonchev–Trinajstić information content (AvgIpc) is 3.01. The Balaban J connectivity index is 1.67. The normalized spacial score (nSPS) is 24.9. The fourth-order valence-corrected chi connectivity index (χ4v) is 4.51. The predicted octanol–water partition coefficient (Wildman–Crippen LogP) is 1.39. The van der Waals surface area contributed by atoms with Crippen molar-refractivity contribution in [1.29, 1.82) is 0 Å². The highest BCUT2D eigenvalue weighted by molar-refractivity contribution is 5.84. The standard InChI is InChI=1S/C19H30N6O/c1-23-13-17(26)25(15-6-5-8-20-9-7-15)12-16-18(23)21-14-22-19(16)24-10-3-2-4-11-24/h14-15,20H,2-13H2,1H3. The van der Waals surface area contributed by atoms with Crippen molar-refractivity contribution in [2.45, 2.75) is 51.1 Å². The van der Waals surface area contributed by atoms with Gasteiger partial charge in [-0.25, -0.2) is 9.97 Å². The van der Waals surface area contributed by atoms with E-state index in [9.17, 15) is 4.79 Å². The first-order chi connectivity index (χ1) is 12.7. The molecule has 1 aromatic heterocycles. The number of hydrogen-bond acceptors (Lipinski definition) is 6. The van der Waals surface area contributed by atoms with Gasteiger partial charge in [-0.3, -0.25) is 4.79 Å². The van der Waals surface area contributed by atoms with Gasteiger partial charge >= 0.3 is 0 Å². The van der Waals surface area contributed by atoms with Crippen LogP contribution in [0, 0.1) is 0 Å². The maximum Gasteiger partial charge on any atom is 0.242 e. The molecule has 3 aliphatic rings. The zero-order valence-corrected chi connectivity index (χ0v) is 15.8. The Hall–Kier alpha value is -1.89. The van der Waals surface area contributed by atoms with E-state index in [1.54, 1.807) is 6.33 Å². The van der Waals surface area contributed by atoms with Crippen molar-refractivity contribution < 1.29 is 4.79 Å². The van der Waals surface area contributed by atoms with Gasteiger partial charge in [-0.15, -0.1) is 0 Å². The second-order valence-corrected chi connectivity index (χ2v) is 7.76. The second kappa shape index (κ2) is 7.78. The highest BCUT2D eigenvalue weighted by Gasteiger charge is 2.32. The second-order valence-electron chi connectivity index (χ2n) is 7.76. The number of carbonyl (C=O) groups excluding carboxylic acids is 1. The fourth-order valence-electron chi connectivity index (χ4n) is 4.51. The number of hydrogen-bond donors (Lipinski definition) is 1. The molecule has 2 fully saturated rings. The zero-order valence-electron chi connectivity index (χ0n) is 15.8. The molecule has 4 rings (SSSR count). The lowest BCUT2D eigenvalue weighted by Crippen LogP contribution is -2.43. The van der Waals surface area contributed by atoms with Crippen LogP contribution in [0.15, 0.2) is 6.33 Å². The van der Waals surface area contributed by atoms with E-state index in [1.165, 1.54) is 19.3 Å². The predicted molar refractivity (Wildman–Crippen MR) is 102 cm³/mol. The molecule has 1 unspecified atom stereocenters. The SMILES string of the molecule is CN1CC(=O)N(C2CCCNCC2)Cc2c1ncnc2N1CCCCC1. The highest BCUT2D eigenvalue weighted by Crippen LogP contribution is 2.32. The Morgan fingerprint density at radius 2 is 1.81 bits per heavy atom. The molecule has 0 saturated carbocycles. The number of piperidine rings is 1. The maximum absolute atomic E-state index is 13.0. The van der Waals surface area contributed by atoms with Crippen LogP contribution in [0.1, 0.15) is 44.1 Å². The molecule has 7 heteroatoms. The highest BCUT2D eigenvalue weighted by atomic mass is 16.2. The number of likely N-dealkylation sites (N-methyl/N-ethyl adjacent to an activating group) is 1. The Morgan fingerprint density at radius 3 is 2.65 bits per heavy atom. The number of nitrogens with zero attached hydrogens (tertiary/aromatic N) is 5. The molecule has 142 valence electrons. The van der Waals surface area contributed by atoms with Crippen molar-refractivity contribution in [2.24, 2.45) is 0 Å². The van der Waals surface area contributed by atoms with Crippen molar-refractivity contribution in [3.05, 3.63) is 11.9 Å². The minimum Gasteiger partial charge on any atom is -0.356 e. The minimum atomic E-state index is 0.210. The molecule has 0 radical (unpaired) electrons. The molecular formula is C19H30N6O. The van der Waals surface area contributed by atoms with Gasteiger partial charge in [-0.2, -0.15) is 0 Å². The molecule has 1 atom stereocenters. The number of rotatable bonds is 2. The number of nitrogens with one attached hydrogen (secondary N) is 1. The van der Waals surface area contributed by atoms with Gasteiger partial charge in [0.05, 0.1) is 18.7 Å². The van der Waals surface area contributed by atoms with E-state index in [-0.39, 0.29) is 5.91 Å². The molecule has 1 aromatic rings. The monoisotopic (exact) mass is 358 g/mol. The van der Waals surface area contributed by atoms with Gasteiger partial charge in [0.1, 0.15) is 18.0 Å². The summed E-state index contributed by atoms with van der Waals surface area (Å²) in [4.78, 5) is 28.7. The Bertz CT molecular complexity index is 637. The van der Waals surface area contributed by atoms with E-state index in [2.05, 4.69) is 25.1 Å². The number of fused-ring (bicyclic) bond motifs is 1. The first-order valence-corrected chi connectivity index (χ1v) is 10.0. The molecule has 26 heavy (non-hydrogen) atoms. The average molecular weight is 358 g/mol. The van der Waals surface area contributed by atoms with Gasteiger partial charge < -0.3 is 20.0 Å². The third-order valence-electron chi connectivity index (χ3n) is 5.92. The largest absolute Gasteiger partial charge is 0.356 e. The summed E-state index contributed by atoms with van der Waals surface area (Å²) < 4.78 is 0. The van der Waals surface area contributed by atoms with Crippen molar-refractivity contribution in [3.63, 3.8) is 0 Å². The van der Waals surface area contributed by atoms with Crippen LogP contribution in [0.4, 0.5) is 11.6 Å². The molecule has 0 aliphatic carbocycles. The lowest BCUT2D eigenvalue weighted by Gasteiger charge is -2.33. The first kappa shape index (κ1) is 17.5. The van der Waals surface area contributed by atoms with E-state index in [0.717, 1.165) is 62.6 Å². The lowest BCUT2D eigenvalue weighted by atomic mass is 10.1. The summed E-state index contributed by atoms with van der Waals surface area (Å²) in [6.45, 7) is 5.17. The third kappa shape index (κ3) is 3.49. The van der Waals surface area contributed by atoms with Crippen LogP contribution >= 0.6 is 0 Å². The molecule has 0 bridgehead atoms. The van der Waals surface area contributed by atoms with Gasteiger partial charge in [0.2, 0.25) is 5.91 Å². The molecular weight excluding hydrogens is 328 g/mol. The summed E-state index contributed by atoms with van der Waals surface area (Å²) in [5.41, 5.74) is 1.12. The van der Waals surface area contributed by atoms with Crippen molar-refractivity contribution in [3.8, 4) is 0 Å². The lowest BCUT2D eigenvalue weighted by molar-refractivity contribution is -0.132. The van der Waals surface area contributed by atoms with E-state index in [4.69, 9.17) is 0 Å². The minimum absolute atomic E-state index is 0.210. The van der Waals surface area contributed by atoms with Crippen molar-refractivity contribution in [2.75, 3.05) is 49.6 Å². The van der Waals surface area contributed by atoms with Crippen LogP contribution in [0.5, 0.6) is 0 Å². The van der Waals surface area contributed by atoms with Crippen LogP contribution in [-0.4, -0.2) is 66.6 Å².